The summed E-state index contributed by atoms with van der Waals surface area (Å²) in [6, 6.07) is 4.99. The topological polar surface area (TPSA) is 56.3 Å². The molecule has 0 fully saturated rings. The van der Waals surface area contributed by atoms with Gasteiger partial charge in [0.1, 0.15) is 5.75 Å². The van der Waals surface area contributed by atoms with Gasteiger partial charge in [-0.15, -0.1) is 11.3 Å². The monoisotopic (exact) mass is 331 g/mol. The Labute approximate surface area is 127 Å². The molecule has 0 saturated heterocycles. The molecule has 0 saturated carbocycles. The van der Waals surface area contributed by atoms with Gasteiger partial charge in [0, 0.05) is 4.88 Å². The number of halogens is 1. The largest absolute Gasteiger partial charge is 0.495 e. The SMILES string of the molecule is COc1cc(CS(=O)(=O)Cc2scnc2C)ccc1Cl. The lowest BCUT2D eigenvalue weighted by molar-refractivity contribution is 0.414. The van der Waals surface area contributed by atoms with E-state index in [1.54, 1.807) is 23.7 Å². The van der Waals surface area contributed by atoms with E-state index in [1.165, 1.54) is 18.4 Å². The predicted octanol–water partition coefficient (Wildman–Crippen LogP) is 3.23. The zero-order valence-corrected chi connectivity index (χ0v) is 13.5. The maximum absolute atomic E-state index is 12.2. The van der Waals surface area contributed by atoms with Gasteiger partial charge in [0.25, 0.3) is 0 Å². The predicted molar refractivity (Wildman–Crippen MR) is 81.2 cm³/mol. The van der Waals surface area contributed by atoms with Gasteiger partial charge in [0.2, 0.25) is 0 Å². The van der Waals surface area contributed by atoms with Crippen molar-refractivity contribution >= 4 is 32.8 Å². The lowest BCUT2D eigenvalue weighted by Gasteiger charge is -2.07. The minimum atomic E-state index is -3.25. The number of methoxy groups -OCH3 is 1. The Morgan fingerprint density at radius 2 is 2.10 bits per heavy atom. The third-order valence-electron chi connectivity index (χ3n) is 2.80. The molecule has 0 atom stereocenters. The summed E-state index contributed by atoms with van der Waals surface area (Å²) in [7, 11) is -1.75. The Morgan fingerprint density at radius 3 is 2.70 bits per heavy atom. The number of hydrogen-bond acceptors (Lipinski definition) is 5. The van der Waals surface area contributed by atoms with E-state index < -0.39 is 9.84 Å². The Balaban J connectivity index is 2.18. The van der Waals surface area contributed by atoms with Gasteiger partial charge in [0.05, 0.1) is 34.8 Å². The smallest absolute Gasteiger partial charge is 0.159 e. The van der Waals surface area contributed by atoms with Gasteiger partial charge in [-0.3, -0.25) is 0 Å². The Kier molecular flexibility index (Phi) is 4.67. The van der Waals surface area contributed by atoms with Crippen molar-refractivity contribution in [3.05, 3.63) is 44.9 Å². The molecule has 7 heteroatoms. The molecule has 1 aromatic carbocycles. The standard InChI is InChI=1S/C13H14ClNO3S2/c1-9-13(19-8-15-9)7-20(16,17)6-10-3-4-11(14)12(5-10)18-2/h3-5,8H,6-7H2,1-2H3. The normalized spacial score (nSPS) is 11.6. The Hall–Kier alpha value is -1.11. The van der Waals surface area contributed by atoms with Crippen LogP contribution in [0, 0.1) is 6.92 Å². The van der Waals surface area contributed by atoms with Crippen LogP contribution in [0.4, 0.5) is 0 Å². The van der Waals surface area contributed by atoms with E-state index in [1.807, 2.05) is 6.92 Å². The first-order chi connectivity index (χ1) is 9.41. The van der Waals surface area contributed by atoms with E-state index in [0.29, 0.717) is 16.3 Å². The summed E-state index contributed by atoms with van der Waals surface area (Å²) in [5.41, 5.74) is 3.09. The second kappa shape index (κ2) is 6.11. The van der Waals surface area contributed by atoms with Crippen molar-refractivity contribution in [2.45, 2.75) is 18.4 Å². The summed E-state index contributed by atoms with van der Waals surface area (Å²) >= 11 is 7.28. The summed E-state index contributed by atoms with van der Waals surface area (Å²) in [5.74, 6) is 0.445. The summed E-state index contributed by atoms with van der Waals surface area (Å²) in [6.07, 6.45) is 0. The fourth-order valence-corrected chi connectivity index (χ4v) is 4.73. The minimum Gasteiger partial charge on any atom is -0.495 e. The van der Waals surface area contributed by atoms with Gasteiger partial charge in [-0.1, -0.05) is 17.7 Å². The van der Waals surface area contributed by atoms with Crippen LogP contribution < -0.4 is 4.74 Å². The molecule has 0 bridgehead atoms. The maximum atomic E-state index is 12.2. The number of sulfone groups is 1. The molecular formula is C13H14ClNO3S2. The molecule has 0 N–H and O–H groups in total. The number of rotatable bonds is 5. The van der Waals surface area contributed by atoms with Crippen molar-refractivity contribution in [2.75, 3.05) is 7.11 Å². The maximum Gasteiger partial charge on any atom is 0.159 e. The highest BCUT2D eigenvalue weighted by atomic mass is 35.5. The number of hydrogen-bond donors (Lipinski definition) is 0. The van der Waals surface area contributed by atoms with Gasteiger partial charge in [-0.05, 0) is 24.6 Å². The third kappa shape index (κ3) is 3.71. The Morgan fingerprint density at radius 1 is 1.35 bits per heavy atom. The van der Waals surface area contributed by atoms with E-state index in [2.05, 4.69) is 4.98 Å². The summed E-state index contributed by atoms with van der Waals surface area (Å²) in [5, 5.41) is 0.465. The van der Waals surface area contributed by atoms with Crippen LogP contribution in [0.2, 0.25) is 5.02 Å². The zero-order valence-electron chi connectivity index (χ0n) is 11.1. The highest BCUT2D eigenvalue weighted by Gasteiger charge is 2.17. The first-order valence-electron chi connectivity index (χ1n) is 5.83. The lowest BCUT2D eigenvalue weighted by Crippen LogP contribution is -2.07. The third-order valence-corrected chi connectivity index (χ3v) is 5.73. The van der Waals surface area contributed by atoms with Crippen molar-refractivity contribution in [3.63, 3.8) is 0 Å². The lowest BCUT2D eigenvalue weighted by atomic mass is 10.2. The number of benzene rings is 1. The fraction of sp³-hybridized carbons (Fsp3) is 0.308. The van der Waals surface area contributed by atoms with E-state index in [-0.39, 0.29) is 11.5 Å². The van der Waals surface area contributed by atoms with Gasteiger partial charge < -0.3 is 4.74 Å². The van der Waals surface area contributed by atoms with E-state index in [9.17, 15) is 8.42 Å². The van der Waals surface area contributed by atoms with Crippen molar-refractivity contribution < 1.29 is 13.2 Å². The molecule has 1 aromatic heterocycles. The molecule has 1 heterocycles. The molecule has 0 radical (unpaired) electrons. The molecule has 0 aliphatic carbocycles. The molecule has 2 rings (SSSR count). The van der Waals surface area contributed by atoms with Crippen LogP contribution in [-0.2, 0) is 21.3 Å². The zero-order chi connectivity index (χ0) is 14.8. The highest BCUT2D eigenvalue weighted by molar-refractivity contribution is 7.90. The van der Waals surface area contributed by atoms with Gasteiger partial charge in [-0.25, -0.2) is 13.4 Å². The van der Waals surface area contributed by atoms with Crippen molar-refractivity contribution in [2.24, 2.45) is 0 Å². The van der Waals surface area contributed by atoms with Crippen LogP contribution in [0.5, 0.6) is 5.75 Å². The van der Waals surface area contributed by atoms with E-state index in [0.717, 1.165) is 10.6 Å². The second-order valence-corrected chi connectivity index (χ2v) is 7.77. The first kappa shape index (κ1) is 15.3. The molecule has 0 aliphatic heterocycles. The molecule has 2 aromatic rings. The van der Waals surface area contributed by atoms with Crippen LogP contribution in [0.1, 0.15) is 16.1 Å². The number of ether oxygens (including phenoxy) is 1. The van der Waals surface area contributed by atoms with E-state index in [4.69, 9.17) is 16.3 Å². The van der Waals surface area contributed by atoms with Gasteiger partial charge in [-0.2, -0.15) is 0 Å². The number of aryl methyl sites for hydroxylation is 1. The molecule has 108 valence electrons. The minimum absolute atomic E-state index is 0.00837. The average molecular weight is 332 g/mol. The summed E-state index contributed by atoms with van der Waals surface area (Å²) in [4.78, 5) is 4.85. The number of aromatic nitrogens is 1. The van der Waals surface area contributed by atoms with Crippen molar-refractivity contribution in [1.29, 1.82) is 0 Å². The van der Waals surface area contributed by atoms with Crippen LogP contribution in [0.3, 0.4) is 0 Å². The molecular weight excluding hydrogens is 318 g/mol. The molecule has 0 amide bonds. The summed E-state index contributed by atoms with van der Waals surface area (Å²) in [6.45, 7) is 1.81. The number of thiazole rings is 1. The fourth-order valence-electron chi connectivity index (χ4n) is 1.76. The average Bonchev–Trinajstić information content (AvgIpc) is 2.76. The Bertz CT molecular complexity index is 710. The van der Waals surface area contributed by atoms with Crippen LogP contribution >= 0.6 is 22.9 Å². The molecule has 0 aliphatic rings. The van der Waals surface area contributed by atoms with Crippen LogP contribution in [0.25, 0.3) is 0 Å². The van der Waals surface area contributed by atoms with Gasteiger partial charge >= 0.3 is 0 Å². The second-order valence-electron chi connectivity index (χ2n) is 4.36. The number of nitrogens with zero attached hydrogens (tertiary/aromatic N) is 1. The van der Waals surface area contributed by atoms with Crippen molar-refractivity contribution in [1.82, 2.24) is 4.98 Å². The summed E-state index contributed by atoms with van der Waals surface area (Å²) < 4.78 is 29.5. The molecule has 4 nitrogen and oxygen atoms in total. The first-order valence-corrected chi connectivity index (χ1v) is 8.91. The molecule has 0 unspecified atom stereocenters. The highest BCUT2D eigenvalue weighted by Crippen LogP contribution is 2.26. The molecule has 20 heavy (non-hydrogen) atoms. The molecule has 0 spiro atoms. The van der Waals surface area contributed by atoms with Crippen LogP contribution in [0.15, 0.2) is 23.7 Å². The van der Waals surface area contributed by atoms with E-state index >= 15 is 0 Å². The van der Waals surface area contributed by atoms with Crippen molar-refractivity contribution in [3.8, 4) is 5.75 Å². The van der Waals surface area contributed by atoms with Gasteiger partial charge in [0.15, 0.2) is 9.84 Å². The van der Waals surface area contributed by atoms with Crippen LogP contribution in [-0.4, -0.2) is 20.5 Å². The quantitative estimate of drug-likeness (QED) is 0.844.